The Morgan fingerprint density at radius 1 is 1.16 bits per heavy atom. The van der Waals surface area contributed by atoms with Crippen molar-refractivity contribution in [1.82, 2.24) is 4.98 Å². The van der Waals surface area contributed by atoms with Crippen LogP contribution in [-0.4, -0.2) is 40.2 Å². The SMILES string of the molecule is Cc1nc(N(CCCC(=O)O)CCC(=O)O)sc1C. The fourth-order valence-electron chi connectivity index (χ4n) is 1.55. The van der Waals surface area contributed by atoms with Gasteiger partial charge in [0.1, 0.15) is 0 Å². The number of nitrogens with zero attached hydrogens (tertiary/aromatic N) is 2. The van der Waals surface area contributed by atoms with Gasteiger partial charge in [0.25, 0.3) is 0 Å². The Balaban J connectivity index is 2.67. The number of carboxylic acid groups (broad SMARTS) is 2. The predicted molar refractivity (Wildman–Crippen MR) is 72.9 cm³/mol. The molecule has 0 atom stereocenters. The Bertz CT molecular complexity index is 439. The van der Waals surface area contributed by atoms with Crippen LogP contribution in [-0.2, 0) is 9.59 Å². The molecule has 0 unspecified atom stereocenters. The maximum Gasteiger partial charge on any atom is 0.305 e. The number of hydrogen-bond acceptors (Lipinski definition) is 5. The highest BCUT2D eigenvalue weighted by atomic mass is 32.1. The van der Waals surface area contributed by atoms with Crippen LogP contribution in [0.3, 0.4) is 0 Å². The largest absolute Gasteiger partial charge is 0.481 e. The molecular weight excluding hydrogens is 268 g/mol. The molecule has 0 saturated heterocycles. The molecule has 0 aliphatic rings. The standard InChI is InChI=1S/C12H18N2O4S/c1-8-9(2)19-12(13-8)14(7-5-11(17)18)6-3-4-10(15)16/h3-7H2,1-2H3,(H,15,16)(H,17,18). The monoisotopic (exact) mass is 286 g/mol. The molecule has 0 amide bonds. The van der Waals surface area contributed by atoms with Crippen LogP contribution >= 0.6 is 11.3 Å². The molecule has 6 nitrogen and oxygen atoms in total. The zero-order valence-corrected chi connectivity index (χ0v) is 11.9. The minimum absolute atomic E-state index is 0.0186. The van der Waals surface area contributed by atoms with Crippen molar-refractivity contribution < 1.29 is 19.8 Å². The van der Waals surface area contributed by atoms with Gasteiger partial charge in [0.05, 0.1) is 12.1 Å². The summed E-state index contributed by atoms with van der Waals surface area (Å²) in [5.41, 5.74) is 0.929. The summed E-state index contributed by atoms with van der Waals surface area (Å²) in [6.45, 7) is 4.72. The van der Waals surface area contributed by atoms with Gasteiger partial charge in [0.15, 0.2) is 5.13 Å². The number of carboxylic acids is 2. The van der Waals surface area contributed by atoms with Crippen LogP contribution in [0.25, 0.3) is 0 Å². The first kappa shape index (κ1) is 15.4. The van der Waals surface area contributed by atoms with E-state index in [0.29, 0.717) is 19.5 Å². The number of rotatable bonds is 8. The third-order valence-electron chi connectivity index (χ3n) is 2.70. The highest BCUT2D eigenvalue weighted by molar-refractivity contribution is 7.15. The minimum atomic E-state index is -0.867. The molecule has 1 heterocycles. The Hall–Kier alpha value is -1.63. The molecule has 0 radical (unpaired) electrons. The maximum absolute atomic E-state index is 10.7. The summed E-state index contributed by atoms with van der Waals surface area (Å²) < 4.78 is 0. The molecule has 0 spiro atoms. The highest BCUT2D eigenvalue weighted by Crippen LogP contribution is 2.25. The maximum atomic E-state index is 10.7. The quantitative estimate of drug-likeness (QED) is 0.758. The second-order valence-corrected chi connectivity index (χ2v) is 5.45. The smallest absolute Gasteiger partial charge is 0.305 e. The third kappa shape index (κ3) is 5.25. The first-order valence-corrected chi connectivity index (χ1v) is 6.84. The average Bonchev–Trinajstić information content (AvgIpc) is 2.63. The van der Waals surface area contributed by atoms with Crippen molar-refractivity contribution in [2.75, 3.05) is 18.0 Å². The fraction of sp³-hybridized carbons (Fsp3) is 0.583. The van der Waals surface area contributed by atoms with Gasteiger partial charge in [0, 0.05) is 24.4 Å². The van der Waals surface area contributed by atoms with E-state index in [-0.39, 0.29) is 12.8 Å². The van der Waals surface area contributed by atoms with E-state index in [1.165, 1.54) is 11.3 Å². The Morgan fingerprint density at radius 3 is 2.26 bits per heavy atom. The number of aliphatic carboxylic acids is 2. The van der Waals surface area contributed by atoms with E-state index in [2.05, 4.69) is 4.98 Å². The van der Waals surface area contributed by atoms with Gasteiger partial charge in [0.2, 0.25) is 0 Å². The number of aryl methyl sites for hydroxylation is 2. The Kier molecular flexibility index (Phi) is 5.75. The second kappa shape index (κ2) is 7.08. The van der Waals surface area contributed by atoms with E-state index < -0.39 is 11.9 Å². The van der Waals surface area contributed by atoms with Gasteiger partial charge in [-0.2, -0.15) is 0 Å². The number of hydrogen-bond donors (Lipinski definition) is 2. The molecule has 0 fully saturated rings. The molecule has 1 aromatic heterocycles. The molecule has 19 heavy (non-hydrogen) atoms. The van der Waals surface area contributed by atoms with Crippen LogP contribution in [0.4, 0.5) is 5.13 Å². The summed E-state index contributed by atoms with van der Waals surface area (Å²) in [6.07, 6.45) is 0.574. The Morgan fingerprint density at radius 2 is 1.79 bits per heavy atom. The summed E-state index contributed by atoms with van der Waals surface area (Å²) in [4.78, 5) is 28.5. The molecule has 0 aliphatic heterocycles. The second-order valence-electron chi connectivity index (χ2n) is 4.27. The summed E-state index contributed by atoms with van der Waals surface area (Å²) in [7, 11) is 0. The highest BCUT2D eigenvalue weighted by Gasteiger charge is 2.14. The van der Waals surface area contributed by atoms with E-state index in [4.69, 9.17) is 10.2 Å². The zero-order chi connectivity index (χ0) is 14.4. The van der Waals surface area contributed by atoms with E-state index in [0.717, 1.165) is 15.7 Å². The van der Waals surface area contributed by atoms with Crippen LogP contribution in [0, 0.1) is 13.8 Å². The summed E-state index contributed by atoms with van der Waals surface area (Å²) >= 11 is 1.51. The molecular formula is C12H18N2O4S. The van der Waals surface area contributed by atoms with E-state index in [9.17, 15) is 9.59 Å². The number of carbonyl (C=O) groups is 2. The van der Waals surface area contributed by atoms with Gasteiger partial charge in [-0.1, -0.05) is 0 Å². The molecule has 0 aliphatic carbocycles. The van der Waals surface area contributed by atoms with Gasteiger partial charge in [-0.3, -0.25) is 9.59 Å². The molecule has 7 heteroatoms. The molecule has 1 rings (SSSR count). The number of anilines is 1. The third-order valence-corrected chi connectivity index (χ3v) is 3.84. The zero-order valence-electron chi connectivity index (χ0n) is 11.0. The van der Waals surface area contributed by atoms with Gasteiger partial charge in [-0.25, -0.2) is 4.98 Å². The van der Waals surface area contributed by atoms with Crippen LogP contribution in [0.15, 0.2) is 0 Å². The fourth-order valence-corrected chi connectivity index (χ4v) is 2.51. The van der Waals surface area contributed by atoms with Crippen LogP contribution < -0.4 is 4.90 Å². The van der Waals surface area contributed by atoms with Gasteiger partial charge in [-0.15, -0.1) is 11.3 Å². The molecule has 0 aromatic carbocycles. The van der Waals surface area contributed by atoms with Crippen molar-refractivity contribution in [3.8, 4) is 0 Å². The minimum Gasteiger partial charge on any atom is -0.481 e. The van der Waals surface area contributed by atoms with Crippen molar-refractivity contribution in [1.29, 1.82) is 0 Å². The van der Waals surface area contributed by atoms with Crippen molar-refractivity contribution >= 4 is 28.4 Å². The van der Waals surface area contributed by atoms with E-state index in [1.807, 2.05) is 18.7 Å². The number of aromatic nitrogens is 1. The average molecular weight is 286 g/mol. The molecule has 106 valence electrons. The van der Waals surface area contributed by atoms with Crippen molar-refractivity contribution in [2.24, 2.45) is 0 Å². The van der Waals surface area contributed by atoms with Crippen LogP contribution in [0.1, 0.15) is 29.8 Å². The molecule has 0 saturated carbocycles. The molecule has 1 aromatic rings. The Labute approximate surface area is 115 Å². The summed E-state index contributed by atoms with van der Waals surface area (Å²) in [5, 5.41) is 18.1. The van der Waals surface area contributed by atoms with Crippen LogP contribution in [0.2, 0.25) is 0 Å². The first-order chi connectivity index (χ1) is 8.90. The van der Waals surface area contributed by atoms with Gasteiger partial charge >= 0.3 is 11.9 Å². The normalized spacial score (nSPS) is 10.4. The molecule has 2 N–H and O–H groups in total. The van der Waals surface area contributed by atoms with Crippen molar-refractivity contribution in [2.45, 2.75) is 33.1 Å². The van der Waals surface area contributed by atoms with Crippen molar-refractivity contribution in [3.05, 3.63) is 10.6 Å². The summed E-state index contributed by atoms with van der Waals surface area (Å²) in [6, 6.07) is 0. The lowest BCUT2D eigenvalue weighted by molar-refractivity contribution is -0.138. The first-order valence-electron chi connectivity index (χ1n) is 6.02. The predicted octanol–water partition coefficient (Wildman–Crippen LogP) is 1.91. The topological polar surface area (TPSA) is 90.7 Å². The van der Waals surface area contributed by atoms with E-state index >= 15 is 0 Å². The van der Waals surface area contributed by atoms with Gasteiger partial charge in [-0.05, 0) is 20.3 Å². The molecule has 0 bridgehead atoms. The van der Waals surface area contributed by atoms with Gasteiger partial charge < -0.3 is 15.1 Å². The van der Waals surface area contributed by atoms with Crippen molar-refractivity contribution in [3.63, 3.8) is 0 Å². The lowest BCUT2D eigenvalue weighted by Crippen LogP contribution is -2.27. The van der Waals surface area contributed by atoms with E-state index in [1.54, 1.807) is 0 Å². The lowest BCUT2D eigenvalue weighted by Gasteiger charge is -2.20. The number of thiazole rings is 1. The summed E-state index contributed by atoms with van der Waals surface area (Å²) in [5.74, 6) is -1.71. The lowest BCUT2D eigenvalue weighted by atomic mass is 10.3. The van der Waals surface area contributed by atoms with Crippen LogP contribution in [0.5, 0.6) is 0 Å².